The van der Waals surface area contributed by atoms with Crippen molar-refractivity contribution in [3.63, 3.8) is 0 Å². The van der Waals surface area contributed by atoms with Gasteiger partial charge in [-0.15, -0.1) is 0 Å². The molecule has 1 amide bonds. The summed E-state index contributed by atoms with van der Waals surface area (Å²) in [6.07, 6.45) is -1.61. The maximum atomic E-state index is 12.6. The summed E-state index contributed by atoms with van der Waals surface area (Å²) in [4.78, 5) is 11.3. The van der Waals surface area contributed by atoms with Gasteiger partial charge < -0.3 is 10.2 Å². The Balaban J connectivity index is 2.53. The summed E-state index contributed by atoms with van der Waals surface area (Å²) in [5.74, 6) is 4.99. The molecule has 0 fully saturated rings. The number of aliphatic hydroxyl groups excluding tert-OH is 1. The fraction of sp³-hybridized carbons (Fsp3) is 0.0625. The molecule has 7 heteroatoms. The summed E-state index contributed by atoms with van der Waals surface area (Å²) in [6, 6.07) is 13.1. The molecule has 0 aliphatic heterocycles. The van der Waals surface area contributed by atoms with E-state index in [1.807, 2.05) is 0 Å². The zero-order valence-corrected chi connectivity index (χ0v) is 12.7. The highest BCUT2D eigenvalue weighted by Gasteiger charge is 2.30. The largest absolute Gasteiger partial charge is 0.464 e. The molecular formula is C16H13NO5S. The van der Waals surface area contributed by atoms with Gasteiger partial charge in [0, 0.05) is 5.56 Å². The topological polar surface area (TPSA) is 94.9 Å². The minimum absolute atomic E-state index is 0.0202. The lowest BCUT2D eigenvalue weighted by atomic mass is 10.2. The Bertz CT molecular complexity index is 866. The van der Waals surface area contributed by atoms with E-state index in [1.54, 1.807) is 24.3 Å². The molecule has 0 saturated heterocycles. The maximum Gasteiger partial charge on any atom is 0.426 e. The van der Waals surface area contributed by atoms with Crippen LogP contribution in [0.4, 0.5) is 10.5 Å². The first-order valence-electron chi connectivity index (χ1n) is 6.50. The van der Waals surface area contributed by atoms with Crippen LogP contribution in [0.1, 0.15) is 5.56 Å². The number of sulfonamides is 1. The van der Waals surface area contributed by atoms with Crippen molar-refractivity contribution in [2.45, 2.75) is 4.90 Å². The van der Waals surface area contributed by atoms with E-state index in [0.717, 1.165) is 0 Å². The molecule has 2 aromatic carbocycles. The van der Waals surface area contributed by atoms with Crippen LogP contribution in [0.2, 0.25) is 0 Å². The van der Waals surface area contributed by atoms with Crippen LogP contribution in [0.25, 0.3) is 0 Å². The molecule has 0 saturated carbocycles. The van der Waals surface area contributed by atoms with E-state index in [-0.39, 0.29) is 17.2 Å². The fourth-order valence-electron chi connectivity index (χ4n) is 1.90. The number of anilines is 1. The van der Waals surface area contributed by atoms with Crippen molar-refractivity contribution in [2.24, 2.45) is 0 Å². The van der Waals surface area contributed by atoms with Crippen molar-refractivity contribution >= 4 is 21.8 Å². The van der Waals surface area contributed by atoms with Gasteiger partial charge in [-0.25, -0.2) is 13.2 Å². The van der Waals surface area contributed by atoms with Crippen molar-refractivity contribution in [3.05, 3.63) is 60.2 Å². The number of aliphatic hydroxyl groups is 1. The van der Waals surface area contributed by atoms with Gasteiger partial charge in [0.1, 0.15) is 6.61 Å². The minimum Gasteiger partial charge on any atom is -0.464 e. The van der Waals surface area contributed by atoms with E-state index in [4.69, 9.17) is 5.11 Å². The second-order valence-corrected chi connectivity index (χ2v) is 6.16. The van der Waals surface area contributed by atoms with Crippen LogP contribution in [-0.4, -0.2) is 31.3 Å². The molecule has 2 N–H and O–H groups in total. The average Bonchev–Trinajstić information content (AvgIpc) is 2.53. The van der Waals surface area contributed by atoms with Gasteiger partial charge in [-0.1, -0.05) is 36.1 Å². The van der Waals surface area contributed by atoms with E-state index in [9.17, 15) is 18.3 Å². The van der Waals surface area contributed by atoms with Crippen LogP contribution in [0.15, 0.2) is 59.5 Å². The van der Waals surface area contributed by atoms with Crippen LogP contribution in [0.5, 0.6) is 0 Å². The number of para-hydroxylation sites is 1. The lowest BCUT2D eigenvalue weighted by molar-refractivity contribution is 0.206. The molecule has 0 radical (unpaired) electrons. The zero-order chi connectivity index (χ0) is 16.9. The molecule has 0 heterocycles. The van der Waals surface area contributed by atoms with Crippen molar-refractivity contribution in [3.8, 4) is 11.8 Å². The van der Waals surface area contributed by atoms with E-state index in [1.165, 1.54) is 30.3 Å². The Morgan fingerprint density at radius 1 is 1.09 bits per heavy atom. The van der Waals surface area contributed by atoms with Gasteiger partial charge >= 0.3 is 6.09 Å². The molecule has 2 rings (SSSR count). The Kier molecular flexibility index (Phi) is 5.01. The third-order valence-electron chi connectivity index (χ3n) is 2.85. The van der Waals surface area contributed by atoms with Gasteiger partial charge in [-0.05, 0) is 30.3 Å². The molecule has 0 aliphatic carbocycles. The number of nitrogens with zero attached hydrogens (tertiary/aromatic N) is 1. The third-order valence-corrected chi connectivity index (χ3v) is 4.55. The standard InChI is InChI=1S/C16H13NO5S/c18-11-5-7-13-6-4-10-15(12-13)23(21,22)17(16(19)20)14-8-2-1-3-9-14/h1-4,6,8-10,12,18H,11H2,(H,19,20). The predicted octanol–water partition coefficient (Wildman–Crippen LogP) is 1.90. The Hall–Kier alpha value is -2.82. The SMILES string of the molecule is O=C(O)N(c1ccccc1)S(=O)(=O)c1cccc(C#CCO)c1. The average molecular weight is 331 g/mol. The number of carbonyl (C=O) groups is 1. The smallest absolute Gasteiger partial charge is 0.426 e. The number of hydrogen-bond acceptors (Lipinski definition) is 4. The van der Waals surface area contributed by atoms with E-state index in [0.29, 0.717) is 9.87 Å². The van der Waals surface area contributed by atoms with Crippen LogP contribution in [-0.2, 0) is 10.0 Å². The Morgan fingerprint density at radius 3 is 2.39 bits per heavy atom. The number of rotatable bonds is 3. The molecule has 0 bridgehead atoms. The second-order valence-electron chi connectivity index (χ2n) is 4.38. The Morgan fingerprint density at radius 2 is 1.78 bits per heavy atom. The van der Waals surface area contributed by atoms with Crippen molar-refractivity contribution in [1.82, 2.24) is 0 Å². The van der Waals surface area contributed by atoms with Gasteiger partial charge in [0.2, 0.25) is 0 Å². The first-order valence-corrected chi connectivity index (χ1v) is 7.94. The molecule has 23 heavy (non-hydrogen) atoms. The quantitative estimate of drug-likeness (QED) is 0.838. The lowest BCUT2D eigenvalue weighted by Gasteiger charge is -2.19. The molecule has 6 nitrogen and oxygen atoms in total. The normalized spacial score (nSPS) is 10.5. The van der Waals surface area contributed by atoms with Crippen LogP contribution >= 0.6 is 0 Å². The van der Waals surface area contributed by atoms with Gasteiger partial charge in [-0.3, -0.25) is 0 Å². The molecule has 0 atom stereocenters. The molecule has 0 spiro atoms. The molecule has 118 valence electrons. The number of amides is 1. The summed E-state index contributed by atoms with van der Waals surface area (Å²) in [7, 11) is -4.30. The zero-order valence-electron chi connectivity index (χ0n) is 11.9. The van der Waals surface area contributed by atoms with Crippen LogP contribution in [0.3, 0.4) is 0 Å². The Labute approximate surface area is 133 Å². The van der Waals surface area contributed by atoms with Gasteiger partial charge in [0.25, 0.3) is 10.0 Å². The molecule has 0 aromatic heterocycles. The number of benzene rings is 2. The number of carboxylic acid groups (broad SMARTS) is 1. The third kappa shape index (κ3) is 3.69. The first kappa shape index (κ1) is 16.5. The monoisotopic (exact) mass is 331 g/mol. The summed E-state index contributed by atoms with van der Waals surface area (Å²) in [6.45, 7) is -0.359. The van der Waals surface area contributed by atoms with Crippen molar-refractivity contribution in [2.75, 3.05) is 10.9 Å². The van der Waals surface area contributed by atoms with Crippen molar-refractivity contribution < 1.29 is 23.4 Å². The minimum atomic E-state index is -4.30. The summed E-state index contributed by atoms with van der Waals surface area (Å²) in [5, 5.41) is 18.0. The molecular weight excluding hydrogens is 318 g/mol. The van der Waals surface area contributed by atoms with E-state index in [2.05, 4.69) is 11.8 Å². The van der Waals surface area contributed by atoms with Gasteiger partial charge in [0.05, 0.1) is 10.6 Å². The van der Waals surface area contributed by atoms with Gasteiger partial charge in [-0.2, -0.15) is 4.31 Å². The van der Waals surface area contributed by atoms with Crippen molar-refractivity contribution in [1.29, 1.82) is 0 Å². The van der Waals surface area contributed by atoms with E-state index < -0.39 is 16.1 Å². The molecule has 0 unspecified atom stereocenters. The van der Waals surface area contributed by atoms with Crippen LogP contribution in [0, 0.1) is 11.8 Å². The lowest BCUT2D eigenvalue weighted by Crippen LogP contribution is -2.35. The summed E-state index contributed by atoms with van der Waals surface area (Å²) in [5.41, 5.74) is 0.380. The molecule has 0 aliphatic rings. The highest BCUT2D eigenvalue weighted by Crippen LogP contribution is 2.24. The first-order chi connectivity index (χ1) is 11.0. The summed E-state index contributed by atoms with van der Waals surface area (Å²) < 4.78 is 25.6. The van der Waals surface area contributed by atoms with Crippen LogP contribution < -0.4 is 4.31 Å². The number of hydrogen-bond donors (Lipinski definition) is 2. The fourth-order valence-corrected chi connectivity index (χ4v) is 3.24. The highest BCUT2D eigenvalue weighted by atomic mass is 32.2. The second kappa shape index (κ2) is 6.96. The van der Waals surface area contributed by atoms with Gasteiger partial charge in [0.15, 0.2) is 0 Å². The maximum absolute atomic E-state index is 12.6. The highest BCUT2D eigenvalue weighted by molar-refractivity contribution is 7.93. The molecule has 2 aromatic rings. The summed E-state index contributed by atoms with van der Waals surface area (Å²) >= 11 is 0. The van der Waals surface area contributed by atoms with E-state index >= 15 is 0 Å². The predicted molar refractivity (Wildman–Crippen MR) is 84.5 cm³/mol.